The number of carbonyl (C=O) groups excluding carboxylic acids is 2. The quantitative estimate of drug-likeness (QED) is 0.429. The van der Waals surface area contributed by atoms with Gasteiger partial charge in [0, 0.05) is 12.6 Å². The molecule has 1 rings (SSSR count). The molecular weight excluding hydrogens is 298 g/mol. The fraction of sp³-hybridized carbons (Fsp3) is 0.412. The molecule has 0 aromatic heterocycles. The maximum Gasteiger partial charge on any atom is 0.331 e. The third kappa shape index (κ3) is 6.86. The summed E-state index contributed by atoms with van der Waals surface area (Å²) in [5.41, 5.74) is 0.756. The highest BCUT2D eigenvalue weighted by atomic mass is 16.5. The van der Waals surface area contributed by atoms with Gasteiger partial charge in [0.2, 0.25) is 0 Å². The topological polar surface area (TPSA) is 73.9 Å². The fourth-order valence-corrected chi connectivity index (χ4v) is 1.76. The summed E-state index contributed by atoms with van der Waals surface area (Å²) >= 11 is 0. The Kier molecular flexibility index (Phi) is 8.28. The lowest BCUT2D eigenvalue weighted by atomic mass is 10.2. The van der Waals surface area contributed by atoms with Crippen molar-refractivity contribution in [1.29, 1.82) is 0 Å². The van der Waals surface area contributed by atoms with Crippen LogP contribution in [0.5, 0.6) is 11.5 Å². The van der Waals surface area contributed by atoms with Crippen molar-refractivity contribution in [3.8, 4) is 11.5 Å². The molecule has 6 heteroatoms. The van der Waals surface area contributed by atoms with E-state index in [-0.39, 0.29) is 12.5 Å². The van der Waals surface area contributed by atoms with Gasteiger partial charge in [0.25, 0.3) is 5.91 Å². The van der Waals surface area contributed by atoms with Crippen LogP contribution < -0.4 is 14.8 Å². The van der Waals surface area contributed by atoms with Crippen LogP contribution in [0.4, 0.5) is 0 Å². The predicted molar refractivity (Wildman–Crippen MR) is 87.5 cm³/mol. The molecule has 0 bridgehead atoms. The minimum Gasteiger partial charge on any atom is -0.493 e. The summed E-state index contributed by atoms with van der Waals surface area (Å²) in [6, 6.07) is 5.26. The van der Waals surface area contributed by atoms with Gasteiger partial charge in [-0.15, -0.1) is 0 Å². The lowest BCUT2D eigenvalue weighted by molar-refractivity contribution is -0.143. The van der Waals surface area contributed by atoms with Crippen molar-refractivity contribution in [2.75, 3.05) is 27.4 Å². The third-order valence-corrected chi connectivity index (χ3v) is 3.02. The minimum absolute atomic E-state index is 0.279. The number of hydrogen-bond acceptors (Lipinski definition) is 5. The first-order valence-corrected chi connectivity index (χ1v) is 7.44. The lowest BCUT2D eigenvalue weighted by Gasteiger charge is -2.07. The number of hydrogen-bond donors (Lipinski definition) is 1. The molecule has 0 unspecified atom stereocenters. The lowest BCUT2D eigenvalue weighted by Crippen LogP contribution is -2.29. The van der Waals surface area contributed by atoms with Gasteiger partial charge in [-0.25, -0.2) is 4.79 Å². The van der Waals surface area contributed by atoms with Gasteiger partial charge in [0.05, 0.1) is 14.2 Å². The van der Waals surface area contributed by atoms with Crippen molar-refractivity contribution in [3.63, 3.8) is 0 Å². The zero-order valence-electron chi connectivity index (χ0n) is 13.8. The zero-order valence-corrected chi connectivity index (χ0v) is 13.8. The second-order valence-corrected chi connectivity index (χ2v) is 4.76. The summed E-state index contributed by atoms with van der Waals surface area (Å²) in [6.45, 7) is 2.35. The van der Waals surface area contributed by atoms with E-state index in [2.05, 4.69) is 5.32 Å². The molecule has 0 aliphatic carbocycles. The average Bonchev–Trinajstić information content (AvgIpc) is 2.58. The Bertz CT molecular complexity index is 554. The first-order valence-electron chi connectivity index (χ1n) is 7.44. The molecule has 1 aromatic rings. The molecule has 0 fully saturated rings. The number of esters is 1. The monoisotopic (exact) mass is 321 g/mol. The van der Waals surface area contributed by atoms with E-state index in [0.717, 1.165) is 18.4 Å². The highest BCUT2D eigenvalue weighted by Crippen LogP contribution is 2.27. The van der Waals surface area contributed by atoms with E-state index in [0.29, 0.717) is 18.0 Å². The first kappa shape index (κ1) is 18.5. The van der Waals surface area contributed by atoms with Gasteiger partial charge in [-0.1, -0.05) is 19.4 Å². The SMILES string of the molecule is CCCCNC(=O)COC(=O)C=Cc1ccc(OC)c(OC)c1. The van der Waals surface area contributed by atoms with Crippen LogP contribution in [0.15, 0.2) is 24.3 Å². The molecule has 0 atom stereocenters. The average molecular weight is 321 g/mol. The van der Waals surface area contributed by atoms with Crippen LogP contribution >= 0.6 is 0 Å². The van der Waals surface area contributed by atoms with Crippen LogP contribution in [0.1, 0.15) is 25.3 Å². The Morgan fingerprint density at radius 1 is 1.17 bits per heavy atom. The highest BCUT2D eigenvalue weighted by molar-refractivity contribution is 5.89. The number of rotatable bonds is 9. The molecule has 0 saturated heterocycles. The Hall–Kier alpha value is -2.50. The number of methoxy groups -OCH3 is 2. The Balaban J connectivity index is 2.47. The van der Waals surface area contributed by atoms with Gasteiger partial charge < -0.3 is 19.5 Å². The van der Waals surface area contributed by atoms with E-state index in [1.807, 2.05) is 6.92 Å². The van der Waals surface area contributed by atoms with E-state index in [1.165, 1.54) is 13.2 Å². The molecule has 126 valence electrons. The van der Waals surface area contributed by atoms with E-state index in [4.69, 9.17) is 14.2 Å². The molecule has 23 heavy (non-hydrogen) atoms. The maximum absolute atomic E-state index is 11.6. The van der Waals surface area contributed by atoms with E-state index in [9.17, 15) is 9.59 Å². The van der Waals surface area contributed by atoms with Gasteiger partial charge in [0.1, 0.15) is 0 Å². The Morgan fingerprint density at radius 2 is 1.91 bits per heavy atom. The summed E-state index contributed by atoms with van der Waals surface area (Å²) in [5.74, 6) is 0.297. The number of unbranched alkanes of at least 4 members (excludes halogenated alkanes) is 1. The summed E-state index contributed by atoms with van der Waals surface area (Å²) in [7, 11) is 3.09. The Labute approximate surface area is 136 Å². The second kappa shape index (κ2) is 10.3. The molecule has 0 aliphatic rings. The fourth-order valence-electron chi connectivity index (χ4n) is 1.76. The second-order valence-electron chi connectivity index (χ2n) is 4.76. The van der Waals surface area contributed by atoms with Crippen molar-refractivity contribution < 1.29 is 23.8 Å². The molecule has 0 saturated carbocycles. The molecule has 0 aliphatic heterocycles. The van der Waals surface area contributed by atoms with Crippen LogP contribution in [-0.4, -0.2) is 39.2 Å². The summed E-state index contributed by atoms with van der Waals surface area (Å²) in [4.78, 5) is 23.0. The van der Waals surface area contributed by atoms with Gasteiger partial charge in [-0.2, -0.15) is 0 Å². The highest BCUT2D eigenvalue weighted by Gasteiger charge is 2.05. The molecule has 0 spiro atoms. The molecule has 1 aromatic carbocycles. The third-order valence-electron chi connectivity index (χ3n) is 3.02. The standard InChI is InChI=1S/C17H23NO5/c1-4-5-10-18-16(19)12-23-17(20)9-7-13-6-8-14(21-2)15(11-13)22-3/h6-9,11H,4-5,10,12H2,1-3H3,(H,18,19). The van der Waals surface area contributed by atoms with Crippen LogP contribution in [-0.2, 0) is 14.3 Å². The van der Waals surface area contributed by atoms with Crippen LogP contribution in [0.3, 0.4) is 0 Å². The molecule has 0 heterocycles. The zero-order chi connectivity index (χ0) is 17.1. The minimum atomic E-state index is -0.578. The first-order chi connectivity index (χ1) is 11.1. The number of amides is 1. The molecular formula is C17H23NO5. The molecule has 1 amide bonds. The summed E-state index contributed by atoms with van der Waals surface area (Å²) in [6.07, 6.45) is 4.74. The van der Waals surface area contributed by atoms with E-state index in [1.54, 1.807) is 31.4 Å². The number of ether oxygens (including phenoxy) is 3. The number of benzene rings is 1. The van der Waals surface area contributed by atoms with Crippen molar-refractivity contribution >= 4 is 18.0 Å². The van der Waals surface area contributed by atoms with Crippen LogP contribution in [0.25, 0.3) is 6.08 Å². The van der Waals surface area contributed by atoms with Crippen LogP contribution in [0.2, 0.25) is 0 Å². The van der Waals surface area contributed by atoms with Gasteiger partial charge >= 0.3 is 5.97 Å². The number of carbonyl (C=O) groups is 2. The van der Waals surface area contributed by atoms with Gasteiger partial charge in [0.15, 0.2) is 18.1 Å². The van der Waals surface area contributed by atoms with Crippen molar-refractivity contribution in [1.82, 2.24) is 5.32 Å². The normalized spacial score (nSPS) is 10.4. The Morgan fingerprint density at radius 3 is 2.57 bits per heavy atom. The largest absolute Gasteiger partial charge is 0.493 e. The van der Waals surface area contributed by atoms with Crippen LogP contribution in [0, 0.1) is 0 Å². The molecule has 1 N–H and O–H groups in total. The van der Waals surface area contributed by atoms with Gasteiger partial charge in [-0.05, 0) is 30.2 Å². The van der Waals surface area contributed by atoms with E-state index >= 15 is 0 Å². The summed E-state index contributed by atoms with van der Waals surface area (Å²) in [5, 5.41) is 2.67. The smallest absolute Gasteiger partial charge is 0.331 e. The maximum atomic E-state index is 11.6. The van der Waals surface area contributed by atoms with E-state index < -0.39 is 5.97 Å². The predicted octanol–water partition coefficient (Wildman–Crippen LogP) is 2.18. The van der Waals surface area contributed by atoms with Crippen molar-refractivity contribution in [2.45, 2.75) is 19.8 Å². The molecule has 0 radical (unpaired) electrons. The van der Waals surface area contributed by atoms with Crippen molar-refractivity contribution in [2.24, 2.45) is 0 Å². The van der Waals surface area contributed by atoms with Gasteiger partial charge in [-0.3, -0.25) is 4.79 Å². The van der Waals surface area contributed by atoms with Crippen molar-refractivity contribution in [3.05, 3.63) is 29.8 Å². The number of nitrogens with one attached hydrogen (secondary N) is 1. The summed E-state index contributed by atoms with van der Waals surface area (Å²) < 4.78 is 15.2. The molecule has 6 nitrogen and oxygen atoms in total.